The molecule has 1 unspecified atom stereocenters. The number of benzene rings is 2. The number of fused-ring (bicyclic) bond motifs is 1. The minimum absolute atomic E-state index is 0.0348. The van der Waals surface area contributed by atoms with E-state index in [4.69, 9.17) is 14.2 Å². The van der Waals surface area contributed by atoms with Crippen LogP contribution in [0.4, 0.5) is 0 Å². The summed E-state index contributed by atoms with van der Waals surface area (Å²) in [7, 11) is 3.23. The first-order chi connectivity index (χ1) is 17.1. The third-order valence-corrected chi connectivity index (χ3v) is 6.58. The van der Waals surface area contributed by atoms with Crippen LogP contribution in [0, 0.1) is 0 Å². The summed E-state index contributed by atoms with van der Waals surface area (Å²) in [6.07, 6.45) is 0.222. The van der Waals surface area contributed by atoms with Gasteiger partial charge in [-0.1, -0.05) is 18.2 Å². The summed E-state index contributed by atoms with van der Waals surface area (Å²) in [6.45, 7) is 6.18. The lowest BCUT2D eigenvalue weighted by atomic mass is 10.0. The number of imidazole rings is 1. The lowest BCUT2D eigenvalue weighted by molar-refractivity contribution is -0.121. The molecule has 1 aliphatic rings. The zero-order chi connectivity index (χ0) is 24.8. The minimum atomic E-state index is -0.0936. The van der Waals surface area contributed by atoms with E-state index in [1.54, 1.807) is 23.4 Å². The predicted molar refractivity (Wildman–Crippen MR) is 134 cm³/mol. The highest BCUT2D eigenvalue weighted by atomic mass is 16.5. The molecule has 1 fully saturated rings. The number of morpholine rings is 1. The largest absolute Gasteiger partial charge is 0.493 e. The average molecular weight is 483 g/mol. The number of para-hydroxylation sites is 2. The SMILES string of the molecule is CCn1c(=O)n(CCC(=O)NCC(c2ccc(OC)c(OC)c2)N2CCOCC2)c2ccccc21. The van der Waals surface area contributed by atoms with Crippen LogP contribution in [-0.2, 0) is 22.6 Å². The third-order valence-electron chi connectivity index (χ3n) is 6.58. The number of nitrogens with zero attached hydrogens (tertiary/aromatic N) is 3. The fraction of sp³-hybridized carbons (Fsp3) is 0.462. The second-order valence-electron chi connectivity index (χ2n) is 8.50. The molecule has 0 bridgehead atoms. The zero-order valence-electron chi connectivity index (χ0n) is 20.7. The highest BCUT2D eigenvalue weighted by Gasteiger charge is 2.24. The maximum absolute atomic E-state index is 12.9. The number of nitrogens with one attached hydrogen (secondary N) is 1. The third kappa shape index (κ3) is 5.36. The Kier molecular flexibility index (Phi) is 8.09. The van der Waals surface area contributed by atoms with E-state index in [2.05, 4.69) is 10.2 Å². The van der Waals surface area contributed by atoms with E-state index in [-0.39, 0.29) is 24.1 Å². The van der Waals surface area contributed by atoms with Gasteiger partial charge in [-0.2, -0.15) is 0 Å². The smallest absolute Gasteiger partial charge is 0.329 e. The van der Waals surface area contributed by atoms with Crippen LogP contribution in [-0.4, -0.2) is 67.0 Å². The van der Waals surface area contributed by atoms with Crippen LogP contribution in [0.2, 0.25) is 0 Å². The molecular weight excluding hydrogens is 448 g/mol. The Labute approximate surface area is 205 Å². The number of aryl methyl sites for hydroxylation is 2. The topological polar surface area (TPSA) is 87.0 Å². The van der Waals surface area contributed by atoms with E-state index < -0.39 is 0 Å². The Morgan fingerprint density at radius 1 is 1.03 bits per heavy atom. The van der Waals surface area contributed by atoms with Gasteiger partial charge in [-0.3, -0.25) is 18.8 Å². The van der Waals surface area contributed by atoms with Gasteiger partial charge in [-0.25, -0.2) is 4.79 Å². The average Bonchev–Trinajstić information content (AvgIpc) is 3.18. The molecule has 1 aliphatic heterocycles. The molecule has 188 valence electrons. The van der Waals surface area contributed by atoms with E-state index in [9.17, 15) is 9.59 Å². The summed E-state index contributed by atoms with van der Waals surface area (Å²) in [5, 5.41) is 3.09. The van der Waals surface area contributed by atoms with E-state index >= 15 is 0 Å². The Bertz CT molecular complexity index is 1210. The van der Waals surface area contributed by atoms with Crippen molar-refractivity contribution in [3.05, 3.63) is 58.5 Å². The number of hydrogen-bond donors (Lipinski definition) is 1. The van der Waals surface area contributed by atoms with E-state index in [1.807, 2.05) is 49.4 Å². The summed E-state index contributed by atoms with van der Waals surface area (Å²) >= 11 is 0. The summed E-state index contributed by atoms with van der Waals surface area (Å²) in [4.78, 5) is 28.0. The van der Waals surface area contributed by atoms with Crippen molar-refractivity contribution in [2.24, 2.45) is 0 Å². The summed E-state index contributed by atoms with van der Waals surface area (Å²) in [6, 6.07) is 13.5. The number of rotatable bonds is 10. The second-order valence-corrected chi connectivity index (χ2v) is 8.50. The molecule has 0 spiro atoms. The highest BCUT2D eigenvalue weighted by molar-refractivity contribution is 5.78. The van der Waals surface area contributed by atoms with Crippen molar-refractivity contribution in [1.82, 2.24) is 19.4 Å². The molecule has 4 rings (SSSR count). The Morgan fingerprint density at radius 3 is 2.37 bits per heavy atom. The molecule has 1 saturated heterocycles. The summed E-state index contributed by atoms with van der Waals surface area (Å²) in [5.41, 5.74) is 2.69. The Morgan fingerprint density at radius 2 is 1.71 bits per heavy atom. The van der Waals surface area contributed by atoms with Crippen LogP contribution < -0.4 is 20.5 Å². The van der Waals surface area contributed by atoms with Gasteiger partial charge in [0.2, 0.25) is 5.91 Å². The van der Waals surface area contributed by atoms with Gasteiger partial charge in [0.1, 0.15) is 0 Å². The first kappa shape index (κ1) is 24.8. The normalized spacial score (nSPS) is 15.2. The van der Waals surface area contributed by atoms with Crippen LogP contribution >= 0.6 is 0 Å². The first-order valence-electron chi connectivity index (χ1n) is 12.1. The fourth-order valence-corrected chi connectivity index (χ4v) is 4.71. The zero-order valence-corrected chi connectivity index (χ0v) is 20.7. The predicted octanol–water partition coefficient (Wildman–Crippen LogP) is 2.42. The minimum Gasteiger partial charge on any atom is -0.493 e. The Hall–Kier alpha value is -3.30. The molecule has 1 amide bonds. The van der Waals surface area contributed by atoms with Gasteiger partial charge < -0.3 is 19.5 Å². The lowest BCUT2D eigenvalue weighted by Crippen LogP contribution is -2.44. The second kappa shape index (κ2) is 11.4. The lowest BCUT2D eigenvalue weighted by Gasteiger charge is -2.35. The molecule has 1 atom stereocenters. The molecule has 2 heterocycles. The number of carbonyl (C=O) groups excluding carboxylic acids is 1. The molecule has 1 aromatic heterocycles. The molecule has 0 radical (unpaired) electrons. The molecule has 1 N–H and O–H groups in total. The fourth-order valence-electron chi connectivity index (χ4n) is 4.71. The van der Waals surface area contributed by atoms with Gasteiger partial charge in [0.25, 0.3) is 0 Å². The molecule has 0 aliphatic carbocycles. The highest BCUT2D eigenvalue weighted by Crippen LogP contribution is 2.32. The first-order valence-corrected chi connectivity index (χ1v) is 12.1. The molecule has 9 heteroatoms. The van der Waals surface area contributed by atoms with Crippen LogP contribution in [0.3, 0.4) is 0 Å². The van der Waals surface area contributed by atoms with Crippen molar-refractivity contribution in [3.63, 3.8) is 0 Å². The molecule has 0 saturated carbocycles. The van der Waals surface area contributed by atoms with Gasteiger partial charge >= 0.3 is 5.69 Å². The van der Waals surface area contributed by atoms with Crippen LogP contribution in [0.15, 0.2) is 47.3 Å². The monoisotopic (exact) mass is 482 g/mol. The van der Waals surface area contributed by atoms with Gasteiger partial charge in [0.05, 0.1) is 44.5 Å². The van der Waals surface area contributed by atoms with Crippen molar-refractivity contribution < 1.29 is 19.0 Å². The van der Waals surface area contributed by atoms with Crippen molar-refractivity contribution in [1.29, 1.82) is 0 Å². The maximum Gasteiger partial charge on any atom is 0.329 e. The van der Waals surface area contributed by atoms with Gasteiger partial charge in [-0.15, -0.1) is 0 Å². The van der Waals surface area contributed by atoms with Gasteiger partial charge in [0, 0.05) is 39.1 Å². The standard InChI is InChI=1S/C26H34N4O5/c1-4-29-20-7-5-6-8-21(20)30(26(29)32)12-11-25(31)27-18-22(28-13-15-35-16-14-28)19-9-10-23(33-2)24(17-19)34-3/h5-10,17,22H,4,11-16,18H2,1-3H3,(H,27,31). The number of methoxy groups -OCH3 is 2. The van der Waals surface area contributed by atoms with Crippen LogP contribution in [0.1, 0.15) is 24.9 Å². The van der Waals surface area contributed by atoms with Crippen molar-refractivity contribution in [2.75, 3.05) is 47.1 Å². The molecule has 9 nitrogen and oxygen atoms in total. The number of aromatic nitrogens is 2. The molecule has 35 heavy (non-hydrogen) atoms. The molecule has 3 aromatic rings. The number of amides is 1. The number of ether oxygens (including phenoxy) is 3. The summed E-state index contributed by atoms with van der Waals surface area (Å²) in [5.74, 6) is 1.22. The van der Waals surface area contributed by atoms with Crippen molar-refractivity contribution in [3.8, 4) is 11.5 Å². The van der Waals surface area contributed by atoms with Crippen molar-refractivity contribution in [2.45, 2.75) is 32.5 Å². The molecular formula is C26H34N4O5. The maximum atomic E-state index is 12.9. The van der Waals surface area contributed by atoms with Gasteiger partial charge in [0.15, 0.2) is 11.5 Å². The Balaban J connectivity index is 1.47. The van der Waals surface area contributed by atoms with E-state index in [0.717, 1.165) is 29.7 Å². The van der Waals surface area contributed by atoms with E-state index in [0.29, 0.717) is 44.3 Å². The molecule has 2 aromatic carbocycles. The quantitative estimate of drug-likeness (QED) is 0.478. The van der Waals surface area contributed by atoms with Crippen LogP contribution in [0.25, 0.3) is 11.0 Å². The van der Waals surface area contributed by atoms with E-state index in [1.165, 1.54) is 0 Å². The van der Waals surface area contributed by atoms with Crippen LogP contribution in [0.5, 0.6) is 11.5 Å². The van der Waals surface area contributed by atoms with Crippen molar-refractivity contribution >= 4 is 16.9 Å². The number of hydrogen-bond acceptors (Lipinski definition) is 6. The number of carbonyl (C=O) groups is 1. The summed E-state index contributed by atoms with van der Waals surface area (Å²) < 4.78 is 19.8. The van der Waals surface area contributed by atoms with Gasteiger partial charge in [-0.05, 0) is 36.8 Å².